The van der Waals surface area contributed by atoms with E-state index in [1.165, 1.54) is 4.90 Å². The molecular formula is C17H21FN6O2. The second-order valence-electron chi connectivity index (χ2n) is 5.70. The number of nitrogens with zero attached hydrogens (tertiary/aromatic N) is 2. The maximum Gasteiger partial charge on any atom is 0.253 e. The number of nitrogens with one attached hydrogen (secondary N) is 2. The highest BCUT2D eigenvalue weighted by Gasteiger charge is 2.16. The lowest BCUT2D eigenvalue weighted by Gasteiger charge is -2.14. The highest BCUT2D eigenvalue weighted by molar-refractivity contribution is 5.99. The van der Waals surface area contributed by atoms with Gasteiger partial charge in [0.2, 0.25) is 0 Å². The van der Waals surface area contributed by atoms with Crippen LogP contribution < -0.4 is 22.1 Å². The number of carbonyl (C=O) groups is 2. The van der Waals surface area contributed by atoms with Crippen LogP contribution in [0.5, 0.6) is 0 Å². The van der Waals surface area contributed by atoms with Crippen LogP contribution >= 0.6 is 0 Å². The predicted octanol–water partition coefficient (Wildman–Crippen LogP) is 1.14. The minimum Gasteiger partial charge on any atom is -0.366 e. The maximum absolute atomic E-state index is 14.1. The van der Waals surface area contributed by atoms with Gasteiger partial charge in [-0.05, 0) is 24.3 Å². The van der Waals surface area contributed by atoms with E-state index in [1.54, 1.807) is 38.4 Å². The molecule has 0 fully saturated rings. The Balaban J connectivity index is 2.40. The number of hydrogen-bond donors (Lipinski definition) is 4. The Labute approximate surface area is 150 Å². The molecule has 1 aromatic carbocycles. The van der Waals surface area contributed by atoms with Crippen molar-refractivity contribution in [2.75, 3.05) is 37.8 Å². The average molecular weight is 360 g/mol. The molecule has 0 saturated carbocycles. The third-order valence-electron chi connectivity index (χ3n) is 3.46. The molecule has 138 valence electrons. The fourth-order valence-electron chi connectivity index (χ4n) is 2.21. The molecule has 1 heterocycles. The molecule has 0 spiro atoms. The number of carbonyl (C=O) groups excluding carboxylic acids is 2. The van der Waals surface area contributed by atoms with E-state index < -0.39 is 11.7 Å². The van der Waals surface area contributed by atoms with Crippen molar-refractivity contribution in [1.82, 2.24) is 9.88 Å². The lowest BCUT2D eigenvalue weighted by atomic mass is 10.1. The molecule has 0 aliphatic heterocycles. The zero-order valence-electron chi connectivity index (χ0n) is 14.5. The molecule has 2 aromatic rings. The van der Waals surface area contributed by atoms with E-state index in [-0.39, 0.29) is 29.7 Å². The highest BCUT2D eigenvalue weighted by Crippen LogP contribution is 2.24. The topological polar surface area (TPSA) is 126 Å². The van der Waals surface area contributed by atoms with E-state index in [9.17, 15) is 14.0 Å². The van der Waals surface area contributed by atoms with E-state index in [0.717, 1.165) is 6.07 Å². The molecule has 1 aromatic heterocycles. The summed E-state index contributed by atoms with van der Waals surface area (Å²) in [5.41, 5.74) is 11.6. The largest absolute Gasteiger partial charge is 0.366 e. The average Bonchev–Trinajstić information content (AvgIpc) is 2.61. The van der Waals surface area contributed by atoms with Gasteiger partial charge in [-0.3, -0.25) is 9.59 Å². The molecule has 6 N–H and O–H groups in total. The third kappa shape index (κ3) is 4.45. The summed E-state index contributed by atoms with van der Waals surface area (Å²) in [5.74, 6) is -1.70. The van der Waals surface area contributed by atoms with Gasteiger partial charge in [0.05, 0.1) is 5.56 Å². The first-order chi connectivity index (χ1) is 12.3. The number of amides is 2. The lowest BCUT2D eigenvalue weighted by molar-refractivity contribution is 0.0827. The van der Waals surface area contributed by atoms with E-state index in [4.69, 9.17) is 11.5 Å². The first kappa shape index (κ1) is 19.1. The molecular weight excluding hydrogens is 339 g/mol. The van der Waals surface area contributed by atoms with Gasteiger partial charge in [-0.15, -0.1) is 0 Å². The molecule has 2 rings (SSSR count). The zero-order chi connectivity index (χ0) is 19.3. The summed E-state index contributed by atoms with van der Waals surface area (Å²) in [6, 6.07) is 7.64. The number of nitrogens with two attached hydrogens (primary N) is 2. The van der Waals surface area contributed by atoms with Crippen LogP contribution in [0.3, 0.4) is 0 Å². The monoisotopic (exact) mass is 360 g/mol. The van der Waals surface area contributed by atoms with Crippen LogP contribution in [0.15, 0.2) is 30.3 Å². The Morgan fingerprint density at radius 3 is 2.58 bits per heavy atom. The number of pyridine rings is 1. The Morgan fingerprint density at radius 1 is 1.23 bits per heavy atom. The normalized spacial score (nSPS) is 10.3. The summed E-state index contributed by atoms with van der Waals surface area (Å²) >= 11 is 0. The number of primary amides is 1. The van der Waals surface area contributed by atoms with Crippen molar-refractivity contribution in [3.05, 3.63) is 47.3 Å². The number of halogens is 1. The summed E-state index contributed by atoms with van der Waals surface area (Å²) in [6.07, 6.45) is 0. The van der Waals surface area contributed by atoms with Gasteiger partial charge in [-0.25, -0.2) is 9.37 Å². The zero-order valence-corrected chi connectivity index (χ0v) is 14.5. The molecule has 0 saturated heterocycles. The quantitative estimate of drug-likeness (QED) is 0.586. The summed E-state index contributed by atoms with van der Waals surface area (Å²) in [7, 11) is 3.29. The minimum absolute atomic E-state index is 0.0523. The van der Waals surface area contributed by atoms with Gasteiger partial charge >= 0.3 is 0 Å². The summed E-state index contributed by atoms with van der Waals surface area (Å²) in [6.45, 7) is 0.599. The van der Waals surface area contributed by atoms with E-state index in [1.807, 2.05) is 0 Å². The third-order valence-corrected chi connectivity index (χ3v) is 3.46. The van der Waals surface area contributed by atoms with Crippen LogP contribution in [0.1, 0.15) is 20.7 Å². The van der Waals surface area contributed by atoms with Crippen molar-refractivity contribution in [2.24, 2.45) is 11.5 Å². The second-order valence-corrected chi connectivity index (χ2v) is 5.70. The van der Waals surface area contributed by atoms with Crippen molar-refractivity contribution < 1.29 is 14.0 Å². The molecule has 0 radical (unpaired) electrons. The summed E-state index contributed by atoms with van der Waals surface area (Å²) in [4.78, 5) is 29.2. The van der Waals surface area contributed by atoms with Crippen LogP contribution in [-0.4, -0.2) is 48.9 Å². The number of anilines is 3. The van der Waals surface area contributed by atoms with Crippen molar-refractivity contribution in [2.45, 2.75) is 0 Å². The van der Waals surface area contributed by atoms with Crippen molar-refractivity contribution in [3.63, 3.8) is 0 Å². The van der Waals surface area contributed by atoms with Crippen molar-refractivity contribution >= 4 is 29.1 Å². The van der Waals surface area contributed by atoms with Crippen molar-refractivity contribution in [3.8, 4) is 0 Å². The Hall–Kier alpha value is -3.20. The lowest BCUT2D eigenvalue weighted by Crippen LogP contribution is -2.21. The Kier molecular flexibility index (Phi) is 6.07. The minimum atomic E-state index is -0.829. The van der Waals surface area contributed by atoms with Crippen LogP contribution in [0.4, 0.5) is 21.7 Å². The van der Waals surface area contributed by atoms with Crippen LogP contribution in [0, 0.1) is 5.82 Å². The van der Waals surface area contributed by atoms with E-state index in [0.29, 0.717) is 17.8 Å². The van der Waals surface area contributed by atoms with Gasteiger partial charge < -0.3 is 27.0 Å². The molecule has 0 aliphatic carbocycles. The number of hydrogen-bond acceptors (Lipinski definition) is 6. The van der Waals surface area contributed by atoms with Gasteiger partial charge in [0.1, 0.15) is 5.82 Å². The molecule has 8 nitrogen and oxygen atoms in total. The fourth-order valence-corrected chi connectivity index (χ4v) is 2.21. The molecule has 26 heavy (non-hydrogen) atoms. The molecule has 0 aliphatic rings. The van der Waals surface area contributed by atoms with Gasteiger partial charge in [-0.1, -0.05) is 6.07 Å². The standard InChI is InChI=1S/C17H21FN6O2/c1-24(2)17(26)10-4-3-5-11(8-10)22-15-12(14(20)25)9-13(18)16(23-15)21-7-6-19/h3-5,8-9H,6-7,19H2,1-2H3,(H2,20,25)(H2,21,22,23). The van der Waals surface area contributed by atoms with Crippen LogP contribution in [-0.2, 0) is 0 Å². The molecule has 2 amide bonds. The molecule has 9 heteroatoms. The summed E-state index contributed by atoms with van der Waals surface area (Å²) in [5, 5.41) is 5.65. The second kappa shape index (κ2) is 8.26. The first-order valence-electron chi connectivity index (χ1n) is 7.86. The van der Waals surface area contributed by atoms with Gasteiger partial charge in [0, 0.05) is 38.4 Å². The van der Waals surface area contributed by atoms with Gasteiger partial charge in [0.25, 0.3) is 11.8 Å². The predicted molar refractivity (Wildman–Crippen MR) is 98.0 cm³/mol. The molecule has 0 unspecified atom stereocenters. The number of benzene rings is 1. The van der Waals surface area contributed by atoms with Gasteiger partial charge in [0.15, 0.2) is 11.6 Å². The number of aromatic nitrogens is 1. The van der Waals surface area contributed by atoms with E-state index in [2.05, 4.69) is 15.6 Å². The molecule has 0 atom stereocenters. The van der Waals surface area contributed by atoms with Gasteiger partial charge in [-0.2, -0.15) is 0 Å². The Bertz CT molecular complexity index is 825. The first-order valence-corrected chi connectivity index (χ1v) is 7.86. The number of rotatable bonds is 7. The fraction of sp³-hybridized carbons (Fsp3) is 0.235. The highest BCUT2D eigenvalue weighted by atomic mass is 19.1. The smallest absolute Gasteiger partial charge is 0.253 e. The Morgan fingerprint density at radius 2 is 1.96 bits per heavy atom. The van der Waals surface area contributed by atoms with Crippen molar-refractivity contribution in [1.29, 1.82) is 0 Å². The van der Waals surface area contributed by atoms with E-state index >= 15 is 0 Å². The SMILES string of the molecule is CN(C)C(=O)c1cccc(Nc2nc(NCCN)c(F)cc2C(N)=O)c1. The maximum atomic E-state index is 14.1. The van der Waals surface area contributed by atoms with Crippen LogP contribution in [0.2, 0.25) is 0 Å². The summed E-state index contributed by atoms with van der Waals surface area (Å²) < 4.78 is 14.1. The van der Waals surface area contributed by atoms with Crippen LogP contribution in [0.25, 0.3) is 0 Å². The molecule has 0 bridgehead atoms.